The summed E-state index contributed by atoms with van der Waals surface area (Å²) < 4.78 is 0. The molecule has 13 aromatic rings. The van der Waals surface area contributed by atoms with E-state index in [9.17, 15) is 0 Å². The number of fused-ring (bicyclic) bond motifs is 8. The van der Waals surface area contributed by atoms with Crippen LogP contribution in [0.15, 0.2) is 97.1 Å². The third-order valence-electron chi connectivity index (χ3n) is 11.5. The monoisotopic (exact) mass is 604 g/mol. The first kappa shape index (κ1) is 22.9. The Hall–Kier alpha value is -6.52. The molecule has 4 heteroatoms. The lowest BCUT2D eigenvalue weighted by Crippen LogP contribution is -1.95. The summed E-state index contributed by atoms with van der Waals surface area (Å²) in [6, 6.07) is 36.4. The van der Waals surface area contributed by atoms with Gasteiger partial charge < -0.3 is 9.97 Å². The first-order valence-electron chi connectivity index (χ1n) is 16.6. The number of aromatic nitrogens is 4. The first-order chi connectivity index (χ1) is 23.7. The van der Waals surface area contributed by atoms with Crippen LogP contribution in [0.4, 0.5) is 0 Å². The van der Waals surface area contributed by atoms with Crippen molar-refractivity contribution in [2.75, 3.05) is 0 Å². The van der Waals surface area contributed by atoms with Crippen LogP contribution in [0.25, 0.3) is 142 Å². The normalized spacial score (nSPS) is 13.8. The van der Waals surface area contributed by atoms with E-state index < -0.39 is 0 Å². The number of hydrogen-bond donors (Lipinski definition) is 2. The third-order valence-corrected chi connectivity index (χ3v) is 11.5. The molecule has 48 heavy (non-hydrogen) atoms. The quantitative estimate of drug-likeness (QED) is 0.134. The van der Waals surface area contributed by atoms with E-state index >= 15 is 0 Å². The summed E-state index contributed by atoms with van der Waals surface area (Å²) in [5.41, 5.74) is 8.17. The Morgan fingerprint density at radius 2 is 0.771 bits per heavy atom. The van der Waals surface area contributed by atoms with Crippen LogP contribution in [-0.4, -0.2) is 19.9 Å². The van der Waals surface area contributed by atoms with Gasteiger partial charge in [0.25, 0.3) is 0 Å². The third kappa shape index (κ3) is 2.42. The minimum atomic E-state index is 0.933. The standard InChI is InChI=1S/C44H20N4/c1-2-20-4-6-22-14-24-16-30-32-12-10-28(47-32)18-26-8-7-25(45-26)17-27-9-11-31(46-27)29-15-23-13-21-5-3-19(1)33-34(20)36(22)40-38(24)42-41(43(29)48-44(30)42)37(23)39(40)35(21)33/h1-18,46-47H. The fourth-order valence-corrected chi connectivity index (χ4v) is 9.71. The molecule has 0 spiro atoms. The van der Waals surface area contributed by atoms with Gasteiger partial charge in [-0.15, -0.1) is 0 Å². The molecule has 0 aliphatic carbocycles. The van der Waals surface area contributed by atoms with E-state index in [0.29, 0.717) is 0 Å². The van der Waals surface area contributed by atoms with E-state index in [0.717, 1.165) is 55.3 Å². The van der Waals surface area contributed by atoms with Gasteiger partial charge in [-0.1, -0.05) is 36.4 Å². The molecule has 0 saturated heterocycles. The van der Waals surface area contributed by atoms with E-state index in [1.165, 1.54) is 86.2 Å². The molecule has 5 heterocycles. The summed E-state index contributed by atoms with van der Waals surface area (Å²) in [6.45, 7) is 0. The molecule has 8 bridgehead atoms. The zero-order valence-electron chi connectivity index (χ0n) is 25.3. The van der Waals surface area contributed by atoms with Crippen molar-refractivity contribution in [3.63, 3.8) is 0 Å². The van der Waals surface area contributed by atoms with Crippen LogP contribution in [0.2, 0.25) is 0 Å². The summed E-state index contributed by atoms with van der Waals surface area (Å²) in [6.07, 6.45) is 4.15. The van der Waals surface area contributed by atoms with E-state index in [1.54, 1.807) is 0 Å². The minimum Gasteiger partial charge on any atom is -0.355 e. The topological polar surface area (TPSA) is 57.4 Å². The highest BCUT2D eigenvalue weighted by atomic mass is 14.8. The maximum atomic E-state index is 5.65. The highest BCUT2D eigenvalue weighted by molar-refractivity contribution is 6.55. The molecule has 0 unspecified atom stereocenters. The van der Waals surface area contributed by atoms with Gasteiger partial charge in [-0.3, -0.25) is 0 Å². The highest BCUT2D eigenvalue weighted by Gasteiger charge is 2.28. The summed E-state index contributed by atoms with van der Waals surface area (Å²) >= 11 is 0. The van der Waals surface area contributed by atoms with Gasteiger partial charge in [-0.25, -0.2) is 9.97 Å². The molecular weight excluding hydrogens is 585 g/mol. The molecule has 4 nitrogen and oxygen atoms in total. The lowest BCUT2D eigenvalue weighted by atomic mass is 9.78. The molecule has 4 aromatic heterocycles. The zero-order chi connectivity index (χ0) is 30.6. The van der Waals surface area contributed by atoms with Crippen LogP contribution < -0.4 is 0 Å². The Kier molecular flexibility index (Phi) is 3.44. The number of H-pyrrole nitrogens is 2. The van der Waals surface area contributed by atoms with Crippen LogP contribution >= 0.6 is 0 Å². The van der Waals surface area contributed by atoms with Gasteiger partial charge in [0.1, 0.15) is 0 Å². The summed E-state index contributed by atoms with van der Waals surface area (Å²) in [5.74, 6) is 0. The molecule has 1 aliphatic rings. The SMILES string of the molecule is C1=Cc2cc3ccc([nH]3)c3cc4cc5ccc6ccc7ccc8cc9cc(c%10ccc(cc1n2)[nH]%10)c1nc3c2c4c3c5c6c7c8c3c9c12. The van der Waals surface area contributed by atoms with Crippen LogP contribution in [0, 0.1) is 0 Å². The van der Waals surface area contributed by atoms with Gasteiger partial charge in [-0.05, 0) is 137 Å². The second-order valence-corrected chi connectivity index (χ2v) is 13.9. The van der Waals surface area contributed by atoms with E-state index in [4.69, 9.17) is 9.97 Å². The van der Waals surface area contributed by atoms with Gasteiger partial charge in [-0.2, -0.15) is 0 Å². The molecule has 0 radical (unpaired) electrons. The second-order valence-electron chi connectivity index (χ2n) is 13.9. The van der Waals surface area contributed by atoms with Crippen molar-refractivity contribution in [3.8, 4) is 0 Å². The van der Waals surface area contributed by atoms with Crippen molar-refractivity contribution in [2.45, 2.75) is 0 Å². The Morgan fingerprint density at radius 1 is 0.333 bits per heavy atom. The van der Waals surface area contributed by atoms with Crippen molar-refractivity contribution < 1.29 is 0 Å². The van der Waals surface area contributed by atoms with E-state index in [-0.39, 0.29) is 0 Å². The summed E-state index contributed by atoms with van der Waals surface area (Å²) in [5, 5.41) is 23.6. The van der Waals surface area contributed by atoms with E-state index in [2.05, 4.69) is 119 Å². The molecule has 14 rings (SSSR count). The first-order valence-corrected chi connectivity index (χ1v) is 16.6. The molecule has 0 amide bonds. The molecule has 0 saturated carbocycles. The predicted octanol–water partition coefficient (Wildman–Crippen LogP) is 11.8. The molecule has 0 atom stereocenters. The van der Waals surface area contributed by atoms with Gasteiger partial charge in [0, 0.05) is 54.4 Å². The van der Waals surface area contributed by atoms with Gasteiger partial charge in [0.15, 0.2) is 0 Å². The van der Waals surface area contributed by atoms with E-state index in [1.807, 2.05) is 0 Å². The maximum Gasteiger partial charge on any atom is 0.0816 e. The summed E-state index contributed by atoms with van der Waals surface area (Å²) in [4.78, 5) is 18.0. The highest BCUT2D eigenvalue weighted by Crippen LogP contribution is 2.56. The maximum absolute atomic E-state index is 5.65. The predicted molar refractivity (Wildman–Crippen MR) is 203 cm³/mol. The zero-order valence-corrected chi connectivity index (χ0v) is 25.3. The van der Waals surface area contributed by atoms with Crippen LogP contribution in [0.3, 0.4) is 0 Å². The smallest absolute Gasteiger partial charge is 0.0816 e. The Labute approximate surface area is 269 Å². The molecule has 0 fully saturated rings. The molecular formula is C44H20N4. The lowest BCUT2D eigenvalue weighted by molar-refractivity contribution is 1.32. The number of nitrogens with zero attached hydrogens (tertiary/aromatic N) is 2. The van der Waals surface area contributed by atoms with Crippen molar-refractivity contribution in [1.29, 1.82) is 0 Å². The van der Waals surface area contributed by atoms with Gasteiger partial charge in [0.05, 0.1) is 22.4 Å². The number of benzene rings is 9. The Morgan fingerprint density at radius 3 is 1.27 bits per heavy atom. The Balaban J connectivity index is 1.38. The minimum absolute atomic E-state index is 0.933. The number of nitrogens with one attached hydrogen (secondary N) is 2. The van der Waals surface area contributed by atoms with Crippen LogP contribution in [0.5, 0.6) is 0 Å². The second kappa shape index (κ2) is 7.22. The number of hydrogen-bond acceptors (Lipinski definition) is 2. The Bertz CT molecular complexity index is 3430. The summed E-state index contributed by atoms with van der Waals surface area (Å²) in [7, 11) is 0. The molecule has 1 aliphatic heterocycles. The van der Waals surface area contributed by atoms with Gasteiger partial charge in [0.2, 0.25) is 0 Å². The number of aromatic amines is 2. The van der Waals surface area contributed by atoms with Crippen LogP contribution in [-0.2, 0) is 0 Å². The fraction of sp³-hybridized carbons (Fsp3) is 0. The average molecular weight is 605 g/mol. The van der Waals surface area contributed by atoms with Crippen molar-refractivity contribution >= 4 is 142 Å². The largest absolute Gasteiger partial charge is 0.355 e. The van der Waals surface area contributed by atoms with Crippen molar-refractivity contribution in [1.82, 2.24) is 19.9 Å². The van der Waals surface area contributed by atoms with Gasteiger partial charge >= 0.3 is 0 Å². The van der Waals surface area contributed by atoms with Crippen LogP contribution in [0.1, 0.15) is 11.4 Å². The number of rotatable bonds is 0. The van der Waals surface area contributed by atoms with Crippen molar-refractivity contribution in [2.24, 2.45) is 0 Å². The lowest BCUT2D eigenvalue weighted by Gasteiger charge is -2.23. The molecule has 2 N–H and O–H groups in total. The molecule has 216 valence electrons. The fourth-order valence-electron chi connectivity index (χ4n) is 9.71. The average Bonchev–Trinajstić information content (AvgIpc) is 3.93. The molecule has 9 aromatic carbocycles. The van der Waals surface area contributed by atoms with Crippen molar-refractivity contribution in [3.05, 3.63) is 108 Å².